The lowest BCUT2D eigenvalue weighted by molar-refractivity contribution is 0.101. The summed E-state index contributed by atoms with van der Waals surface area (Å²) in [6.45, 7) is 1.02. The van der Waals surface area contributed by atoms with Crippen LogP contribution >= 0.6 is 23.2 Å². The van der Waals surface area contributed by atoms with Gasteiger partial charge in [0.2, 0.25) is 0 Å². The first kappa shape index (κ1) is 17.5. The number of aliphatic hydroxyl groups excluding tert-OH is 1. The van der Waals surface area contributed by atoms with Gasteiger partial charge in [-0.05, 0) is 55.0 Å². The molecule has 1 saturated carbocycles. The minimum atomic E-state index is 0.182. The van der Waals surface area contributed by atoms with Crippen LogP contribution in [0.3, 0.4) is 0 Å². The van der Waals surface area contributed by atoms with Crippen molar-refractivity contribution in [3.05, 3.63) is 40.4 Å². The molecule has 2 N–H and O–H groups in total. The summed E-state index contributed by atoms with van der Waals surface area (Å²) < 4.78 is 1.68. The number of anilines is 1. The Bertz CT molecular complexity index is 918. The molecule has 0 radical (unpaired) electrons. The van der Waals surface area contributed by atoms with Gasteiger partial charge < -0.3 is 10.4 Å². The van der Waals surface area contributed by atoms with E-state index in [-0.39, 0.29) is 12.0 Å². The zero-order valence-electron chi connectivity index (χ0n) is 14.1. The fraction of sp³-hybridized carbons (Fsp3) is 0.389. The van der Waals surface area contributed by atoms with Gasteiger partial charge in [0.1, 0.15) is 5.82 Å². The molecule has 0 saturated heterocycles. The quantitative estimate of drug-likeness (QED) is 0.662. The second-order valence-electron chi connectivity index (χ2n) is 6.85. The predicted octanol–water partition coefficient (Wildman–Crippen LogP) is 4.06. The van der Waals surface area contributed by atoms with Gasteiger partial charge in [-0.2, -0.15) is 4.52 Å². The average Bonchev–Trinajstić information content (AvgIpc) is 2.99. The molecule has 0 bridgehead atoms. The van der Waals surface area contributed by atoms with Crippen LogP contribution in [0.25, 0.3) is 17.0 Å². The van der Waals surface area contributed by atoms with E-state index in [1.807, 2.05) is 12.1 Å². The summed E-state index contributed by atoms with van der Waals surface area (Å²) in [6.07, 6.45) is 4.32. The van der Waals surface area contributed by atoms with Crippen LogP contribution < -0.4 is 5.32 Å². The van der Waals surface area contributed by atoms with Gasteiger partial charge in [-0.25, -0.2) is 0 Å². The summed E-state index contributed by atoms with van der Waals surface area (Å²) in [5.74, 6) is 1.33. The number of nitrogens with zero attached hydrogens (tertiary/aromatic N) is 4. The molecule has 0 unspecified atom stereocenters. The first-order chi connectivity index (χ1) is 12.6. The van der Waals surface area contributed by atoms with Crippen molar-refractivity contribution in [3.63, 3.8) is 0 Å². The molecule has 0 atom stereocenters. The van der Waals surface area contributed by atoms with Gasteiger partial charge in [-0.15, -0.1) is 15.3 Å². The summed E-state index contributed by atoms with van der Waals surface area (Å²) in [4.78, 5) is 0. The number of nitrogens with one attached hydrogen (secondary N) is 1. The zero-order chi connectivity index (χ0) is 18.1. The van der Waals surface area contributed by atoms with Gasteiger partial charge in [-0.3, -0.25) is 0 Å². The van der Waals surface area contributed by atoms with Gasteiger partial charge in [0.15, 0.2) is 11.5 Å². The van der Waals surface area contributed by atoms with Gasteiger partial charge in [-0.1, -0.05) is 29.6 Å². The third-order valence-electron chi connectivity index (χ3n) is 5.08. The standard InChI is InChI=1S/C18H19Cl2N5O/c19-13-8-12(9-14(20)10-13)17-23-22-16-3-2-15(24-25(16)17)21-11-18(6-7-26)4-1-5-18/h2-3,8-10,26H,1,4-7,11H2,(H,21,24). The van der Waals surface area contributed by atoms with E-state index in [2.05, 4.69) is 20.6 Å². The summed E-state index contributed by atoms with van der Waals surface area (Å²) in [5.41, 5.74) is 1.59. The number of halogens is 2. The maximum atomic E-state index is 9.30. The number of benzene rings is 1. The fourth-order valence-corrected chi connectivity index (χ4v) is 3.98. The van der Waals surface area contributed by atoms with Crippen LogP contribution in [0.2, 0.25) is 10.0 Å². The van der Waals surface area contributed by atoms with E-state index in [1.165, 1.54) is 6.42 Å². The lowest BCUT2D eigenvalue weighted by Crippen LogP contribution is -2.37. The lowest BCUT2D eigenvalue weighted by atomic mass is 9.67. The maximum Gasteiger partial charge on any atom is 0.185 e. The van der Waals surface area contributed by atoms with Crippen LogP contribution in [0, 0.1) is 5.41 Å². The summed E-state index contributed by atoms with van der Waals surface area (Å²) in [5, 5.41) is 26.8. The molecule has 0 spiro atoms. The van der Waals surface area contributed by atoms with Gasteiger partial charge in [0.25, 0.3) is 0 Å². The number of hydrogen-bond acceptors (Lipinski definition) is 5. The zero-order valence-corrected chi connectivity index (χ0v) is 15.6. The second kappa shape index (κ2) is 7.02. The minimum absolute atomic E-state index is 0.182. The lowest BCUT2D eigenvalue weighted by Gasteiger charge is -2.41. The highest BCUT2D eigenvalue weighted by Crippen LogP contribution is 2.43. The summed E-state index contributed by atoms with van der Waals surface area (Å²) in [6, 6.07) is 9.02. The Morgan fingerprint density at radius 2 is 1.88 bits per heavy atom. The van der Waals surface area contributed by atoms with Gasteiger partial charge in [0.05, 0.1) is 0 Å². The molecule has 8 heteroatoms. The number of aromatic nitrogens is 4. The third kappa shape index (κ3) is 3.37. The van der Waals surface area contributed by atoms with E-state index in [0.717, 1.165) is 37.2 Å². The van der Waals surface area contributed by atoms with Crippen molar-refractivity contribution >= 4 is 34.7 Å². The Hall–Kier alpha value is -1.89. The first-order valence-corrected chi connectivity index (χ1v) is 9.38. The van der Waals surface area contributed by atoms with Crippen molar-refractivity contribution in [2.75, 3.05) is 18.5 Å². The normalized spacial score (nSPS) is 15.8. The molecule has 1 aliphatic rings. The molecule has 1 aliphatic carbocycles. The van der Waals surface area contributed by atoms with Crippen molar-refractivity contribution in [2.45, 2.75) is 25.7 Å². The summed E-state index contributed by atoms with van der Waals surface area (Å²) in [7, 11) is 0. The van der Waals surface area contributed by atoms with E-state index >= 15 is 0 Å². The molecule has 136 valence electrons. The number of fused-ring (bicyclic) bond motifs is 1. The van der Waals surface area contributed by atoms with Crippen molar-refractivity contribution in [3.8, 4) is 11.4 Å². The Morgan fingerprint density at radius 3 is 2.54 bits per heavy atom. The van der Waals surface area contributed by atoms with Gasteiger partial charge >= 0.3 is 0 Å². The Morgan fingerprint density at radius 1 is 1.12 bits per heavy atom. The molecule has 3 aromatic rings. The topological polar surface area (TPSA) is 75.3 Å². The third-order valence-corrected chi connectivity index (χ3v) is 5.52. The van der Waals surface area contributed by atoms with E-state index in [1.54, 1.807) is 22.7 Å². The molecule has 2 aromatic heterocycles. The molecule has 0 aliphatic heterocycles. The predicted molar refractivity (Wildman–Crippen MR) is 103 cm³/mol. The van der Waals surface area contributed by atoms with E-state index < -0.39 is 0 Å². The van der Waals surface area contributed by atoms with Gasteiger partial charge in [0, 0.05) is 28.8 Å². The fourth-order valence-electron chi connectivity index (χ4n) is 3.45. The molecule has 0 amide bonds. The van der Waals surface area contributed by atoms with Crippen LogP contribution in [0.5, 0.6) is 0 Å². The van der Waals surface area contributed by atoms with E-state index in [0.29, 0.717) is 21.5 Å². The second-order valence-corrected chi connectivity index (χ2v) is 7.72. The van der Waals surface area contributed by atoms with E-state index in [4.69, 9.17) is 23.2 Å². The maximum absolute atomic E-state index is 9.30. The Balaban J connectivity index is 1.62. The molecular formula is C18H19Cl2N5O. The number of hydrogen-bond donors (Lipinski definition) is 2. The first-order valence-electron chi connectivity index (χ1n) is 8.62. The van der Waals surface area contributed by atoms with Crippen LogP contribution in [0.1, 0.15) is 25.7 Å². The van der Waals surface area contributed by atoms with Crippen molar-refractivity contribution in [1.29, 1.82) is 0 Å². The Labute approximate surface area is 161 Å². The smallest absolute Gasteiger partial charge is 0.185 e. The highest BCUT2D eigenvalue weighted by molar-refractivity contribution is 6.35. The average molecular weight is 392 g/mol. The molecule has 1 aromatic carbocycles. The molecule has 4 rings (SSSR count). The molecule has 6 nitrogen and oxygen atoms in total. The largest absolute Gasteiger partial charge is 0.396 e. The number of rotatable bonds is 6. The van der Waals surface area contributed by atoms with Crippen LogP contribution in [-0.2, 0) is 0 Å². The SMILES string of the molecule is OCCC1(CNc2ccc3nnc(-c4cc(Cl)cc(Cl)c4)n3n2)CCC1. The molecule has 2 heterocycles. The van der Waals surface area contributed by atoms with Crippen molar-refractivity contribution in [1.82, 2.24) is 19.8 Å². The Kier molecular flexibility index (Phi) is 4.73. The highest BCUT2D eigenvalue weighted by Gasteiger charge is 2.36. The highest BCUT2D eigenvalue weighted by atomic mass is 35.5. The number of aliphatic hydroxyl groups is 1. The molecule has 26 heavy (non-hydrogen) atoms. The molecular weight excluding hydrogens is 373 g/mol. The van der Waals surface area contributed by atoms with Crippen molar-refractivity contribution < 1.29 is 5.11 Å². The van der Waals surface area contributed by atoms with E-state index in [9.17, 15) is 5.11 Å². The summed E-state index contributed by atoms with van der Waals surface area (Å²) >= 11 is 12.2. The molecule has 1 fully saturated rings. The monoisotopic (exact) mass is 391 g/mol. The minimum Gasteiger partial charge on any atom is -0.396 e. The van der Waals surface area contributed by atoms with Crippen LogP contribution in [-0.4, -0.2) is 38.1 Å². The van der Waals surface area contributed by atoms with Crippen LogP contribution in [0.15, 0.2) is 30.3 Å². The van der Waals surface area contributed by atoms with Crippen molar-refractivity contribution in [2.24, 2.45) is 5.41 Å². The van der Waals surface area contributed by atoms with Crippen LogP contribution in [0.4, 0.5) is 5.82 Å².